The molecule has 1 aliphatic rings. The lowest BCUT2D eigenvalue weighted by Gasteiger charge is -2.17. The van der Waals surface area contributed by atoms with Crippen molar-refractivity contribution in [3.05, 3.63) is 59.7 Å². The summed E-state index contributed by atoms with van der Waals surface area (Å²) in [5, 5.41) is 6.23. The van der Waals surface area contributed by atoms with Crippen LogP contribution in [0.3, 0.4) is 0 Å². The van der Waals surface area contributed by atoms with Crippen LogP contribution in [0.15, 0.2) is 48.5 Å². The quantitative estimate of drug-likeness (QED) is 0.822. The molecule has 0 saturated heterocycles. The van der Waals surface area contributed by atoms with Gasteiger partial charge < -0.3 is 15.4 Å². The van der Waals surface area contributed by atoms with Gasteiger partial charge in [-0.15, -0.1) is 0 Å². The van der Waals surface area contributed by atoms with E-state index in [0.717, 1.165) is 29.8 Å². The summed E-state index contributed by atoms with van der Waals surface area (Å²) < 4.78 is 5.32. The Kier molecular flexibility index (Phi) is 4.74. The van der Waals surface area contributed by atoms with Gasteiger partial charge in [0.2, 0.25) is 5.91 Å². The molecule has 0 aromatic heterocycles. The Morgan fingerprint density at radius 3 is 2.58 bits per heavy atom. The lowest BCUT2D eigenvalue weighted by molar-refractivity contribution is -0.119. The molecule has 0 spiro atoms. The molecule has 1 saturated carbocycles. The third kappa shape index (κ3) is 3.70. The van der Waals surface area contributed by atoms with Gasteiger partial charge in [-0.05, 0) is 43.0 Å². The summed E-state index contributed by atoms with van der Waals surface area (Å²) in [6, 6.07) is 16.3. The molecule has 4 heteroatoms. The molecule has 3 rings (SSSR count). The van der Waals surface area contributed by atoms with E-state index in [4.69, 9.17) is 4.74 Å². The topological polar surface area (TPSA) is 50.4 Å². The third-order valence-corrected chi connectivity index (χ3v) is 4.66. The molecule has 0 atom stereocenters. The number of rotatable bonds is 7. The number of methoxy groups -OCH3 is 1. The fraction of sp³-hybridized carbons (Fsp3) is 0.350. The van der Waals surface area contributed by atoms with Crippen molar-refractivity contribution in [1.29, 1.82) is 0 Å². The van der Waals surface area contributed by atoms with E-state index in [2.05, 4.69) is 34.9 Å². The van der Waals surface area contributed by atoms with E-state index in [0.29, 0.717) is 6.54 Å². The molecular formula is C20H24N2O2. The fourth-order valence-corrected chi connectivity index (χ4v) is 2.98. The molecule has 0 radical (unpaired) electrons. The van der Waals surface area contributed by atoms with E-state index >= 15 is 0 Å². The number of anilines is 1. The van der Waals surface area contributed by atoms with E-state index in [1.54, 1.807) is 7.11 Å². The Morgan fingerprint density at radius 1 is 1.17 bits per heavy atom. The second-order valence-corrected chi connectivity index (χ2v) is 6.48. The molecule has 24 heavy (non-hydrogen) atoms. The maximum atomic E-state index is 12.2. The van der Waals surface area contributed by atoms with Crippen molar-refractivity contribution in [2.75, 3.05) is 25.5 Å². The first kappa shape index (κ1) is 16.4. The predicted octanol–water partition coefficient (Wildman–Crippen LogP) is 3.26. The number of hydrogen-bond donors (Lipinski definition) is 2. The maximum absolute atomic E-state index is 12.2. The average molecular weight is 324 g/mol. The van der Waals surface area contributed by atoms with Gasteiger partial charge in [-0.25, -0.2) is 0 Å². The Bertz CT molecular complexity index is 709. The van der Waals surface area contributed by atoms with Crippen LogP contribution in [0.4, 0.5) is 5.69 Å². The van der Waals surface area contributed by atoms with Crippen molar-refractivity contribution < 1.29 is 9.53 Å². The molecule has 0 aliphatic heterocycles. The number of aryl methyl sites for hydroxylation is 1. The van der Waals surface area contributed by atoms with Crippen LogP contribution in [-0.2, 0) is 10.2 Å². The molecule has 4 nitrogen and oxygen atoms in total. The number of carbonyl (C=O) groups excluding carboxylic acids is 1. The van der Waals surface area contributed by atoms with Gasteiger partial charge in [0.1, 0.15) is 5.75 Å². The van der Waals surface area contributed by atoms with Crippen LogP contribution in [0.25, 0.3) is 0 Å². The fourth-order valence-electron chi connectivity index (χ4n) is 2.98. The van der Waals surface area contributed by atoms with Crippen LogP contribution >= 0.6 is 0 Å². The van der Waals surface area contributed by atoms with Gasteiger partial charge in [0.25, 0.3) is 0 Å². The maximum Gasteiger partial charge on any atom is 0.239 e. The highest BCUT2D eigenvalue weighted by Crippen LogP contribution is 2.47. The highest BCUT2D eigenvalue weighted by molar-refractivity contribution is 5.81. The second-order valence-electron chi connectivity index (χ2n) is 6.48. The average Bonchev–Trinajstić information content (AvgIpc) is 3.40. The minimum atomic E-state index is 0.000709. The lowest BCUT2D eigenvalue weighted by atomic mass is 9.96. The van der Waals surface area contributed by atoms with Crippen molar-refractivity contribution in [2.45, 2.75) is 25.2 Å². The second kappa shape index (κ2) is 6.95. The van der Waals surface area contributed by atoms with E-state index in [-0.39, 0.29) is 17.9 Å². The van der Waals surface area contributed by atoms with E-state index in [1.807, 2.05) is 31.2 Å². The summed E-state index contributed by atoms with van der Waals surface area (Å²) in [7, 11) is 1.63. The van der Waals surface area contributed by atoms with Crippen molar-refractivity contribution in [2.24, 2.45) is 0 Å². The Balaban J connectivity index is 1.53. The van der Waals surface area contributed by atoms with Crippen LogP contribution in [0.2, 0.25) is 0 Å². The molecule has 0 heterocycles. The zero-order chi connectivity index (χ0) is 17.0. The monoisotopic (exact) mass is 324 g/mol. The standard InChI is InChI=1S/C20H24N2O2/c1-15-8-9-18(24-2)17(12-15)21-13-19(23)22-14-20(10-11-20)16-6-4-3-5-7-16/h3-9,12,21H,10-11,13-14H2,1-2H3,(H,22,23). The molecule has 1 fully saturated rings. The van der Waals surface area contributed by atoms with Crippen LogP contribution in [0.5, 0.6) is 5.75 Å². The molecule has 126 valence electrons. The lowest BCUT2D eigenvalue weighted by Crippen LogP contribution is -2.36. The number of ether oxygens (including phenoxy) is 1. The molecule has 1 amide bonds. The number of nitrogens with one attached hydrogen (secondary N) is 2. The zero-order valence-corrected chi connectivity index (χ0v) is 14.3. The molecule has 2 aromatic carbocycles. The zero-order valence-electron chi connectivity index (χ0n) is 14.3. The summed E-state index contributed by atoms with van der Waals surface area (Å²) in [5.41, 5.74) is 3.42. The largest absolute Gasteiger partial charge is 0.495 e. The summed E-state index contributed by atoms with van der Waals surface area (Å²) in [4.78, 5) is 12.2. The van der Waals surface area contributed by atoms with Crippen LogP contribution in [0.1, 0.15) is 24.0 Å². The predicted molar refractivity (Wildman–Crippen MR) is 96.6 cm³/mol. The van der Waals surface area contributed by atoms with Gasteiger partial charge in [-0.2, -0.15) is 0 Å². The summed E-state index contributed by atoms with van der Waals surface area (Å²) in [6.45, 7) is 2.95. The first-order valence-electron chi connectivity index (χ1n) is 8.34. The van der Waals surface area contributed by atoms with Crippen molar-refractivity contribution in [1.82, 2.24) is 5.32 Å². The van der Waals surface area contributed by atoms with Crippen molar-refractivity contribution in [3.8, 4) is 5.75 Å². The van der Waals surface area contributed by atoms with Crippen molar-refractivity contribution >= 4 is 11.6 Å². The number of hydrogen-bond acceptors (Lipinski definition) is 3. The molecule has 2 N–H and O–H groups in total. The number of carbonyl (C=O) groups is 1. The van der Waals surface area contributed by atoms with Gasteiger partial charge >= 0.3 is 0 Å². The minimum Gasteiger partial charge on any atom is -0.495 e. The third-order valence-electron chi connectivity index (χ3n) is 4.66. The summed E-state index contributed by atoms with van der Waals surface area (Å²) in [6.07, 6.45) is 2.27. The Hall–Kier alpha value is -2.49. The highest BCUT2D eigenvalue weighted by atomic mass is 16.5. The van der Waals surface area contributed by atoms with Gasteiger partial charge in [0.15, 0.2) is 0 Å². The van der Waals surface area contributed by atoms with Gasteiger partial charge in [-0.1, -0.05) is 36.4 Å². The molecule has 2 aromatic rings. The Labute approximate surface area is 143 Å². The van der Waals surface area contributed by atoms with Gasteiger partial charge in [-0.3, -0.25) is 4.79 Å². The molecule has 0 unspecified atom stereocenters. The number of benzene rings is 2. The Morgan fingerprint density at radius 2 is 1.92 bits per heavy atom. The van der Waals surface area contributed by atoms with Crippen LogP contribution in [-0.4, -0.2) is 26.1 Å². The summed E-state index contributed by atoms with van der Waals surface area (Å²) in [5.74, 6) is 0.747. The normalized spacial score (nSPS) is 14.8. The smallest absolute Gasteiger partial charge is 0.239 e. The molecule has 0 bridgehead atoms. The van der Waals surface area contributed by atoms with Crippen molar-refractivity contribution in [3.63, 3.8) is 0 Å². The molecular weight excluding hydrogens is 300 g/mol. The van der Waals surface area contributed by atoms with E-state index < -0.39 is 0 Å². The van der Waals surface area contributed by atoms with Gasteiger partial charge in [0.05, 0.1) is 19.3 Å². The number of amides is 1. The minimum absolute atomic E-state index is 0.000709. The van der Waals surface area contributed by atoms with Crippen LogP contribution in [0, 0.1) is 6.92 Å². The first-order valence-corrected chi connectivity index (χ1v) is 8.34. The highest BCUT2D eigenvalue weighted by Gasteiger charge is 2.44. The molecule has 1 aliphatic carbocycles. The first-order chi connectivity index (χ1) is 11.6. The van der Waals surface area contributed by atoms with E-state index in [9.17, 15) is 4.79 Å². The summed E-state index contributed by atoms with van der Waals surface area (Å²) >= 11 is 0. The van der Waals surface area contributed by atoms with E-state index in [1.165, 1.54) is 5.56 Å². The SMILES string of the molecule is COc1ccc(C)cc1NCC(=O)NCC1(c2ccccc2)CC1. The van der Waals surface area contributed by atoms with Gasteiger partial charge in [0, 0.05) is 12.0 Å². The van der Waals surface area contributed by atoms with Crippen LogP contribution < -0.4 is 15.4 Å².